The number of rotatable bonds is 4. The summed E-state index contributed by atoms with van der Waals surface area (Å²) < 4.78 is 0. The van der Waals surface area contributed by atoms with Crippen LogP contribution < -0.4 is 0 Å². The second kappa shape index (κ2) is 7.74. The summed E-state index contributed by atoms with van der Waals surface area (Å²) in [7, 11) is 0. The number of benzene rings is 1. The Hall–Kier alpha value is -1.61. The standard InChI is InChI=1S/C22H32N2O/c1-22(2,3)19-11-8-18(9-12-19)10-13-21(25)24-16-6-7-20(24)17-23-14-4-5-15-23/h8-13,20H,4-7,14-17H2,1-3H3/t20-/m0/s1. The van der Waals surface area contributed by atoms with E-state index in [1.807, 2.05) is 6.08 Å². The Morgan fingerprint density at radius 1 is 1.08 bits per heavy atom. The fraction of sp³-hybridized carbons (Fsp3) is 0.591. The predicted molar refractivity (Wildman–Crippen MR) is 105 cm³/mol. The molecule has 25 heavy (non-hydrogen) atoms. The fourth-order valence-electron chi connectivity index (χ4n) is 3.94. The lowest BCUT2D eigenvalue weighted by Crippen LogP contribution is -2.41. The molecular formula is C22H32N2O. The van der Waals surface area contributed by atoms with Crippen molar-refractivity contribution in [2.45, 2.75) is 57.9 Å². The lowest BCUT2D eigenvalue weighted by atomic mass is 9.87. The van der Waals surface area contributed by atoms with Crippen molar-refractivity contribution in [1.82, 2.24) is 9.80 Å². The minimum atomic E-state index is 0.163. The molecule has 2 aliphatic heterocycles. The molecular weight excluding hydrogens is 308 g/mol. The summed E-state index contributed by atoms with van der Waals surface area (Å²) in [5.41, 5.74) is 2.58. The van der Waals surface area contributed by atoms with Gasteiger partial charge >= 0.3 is 0 Å². The van der Waals surface area contributed by atoms with Crippen molar-refractivity contribution in [3.05, 3.63) is 41.5 Å². The van der Waals surface area contributed by atoms with Gasteiger partial charge in [0.05, 0.1) is 0 Å². The Morgan fingerprint density at radius 3 is 2.40 bits per heavy atom. The smallest absolute Gasteiger partial charge is 0.246 e. The zero-order chi connectivity index (χ0) is 17.9. The summed E-state index contributed by atoms with van der Waals surface area (Å²) in [6, 6.07) is 8.94. The first-order chi connectivity index (χ1) is 11.9. The number of hydrogen-bond donors (Lipinski definition) is 0. The maximum Gasteiger partial charge on any atom is 0.246 e. The first-order valence-electron chi connectivity index (χ1n) is 9.75. The van der Waals surface area contributed by atoms with Crippen LogP contribution in [-0.4, -0.2) is 47.9 Å². The minimum Gasteiger partial charge on any atom is -0.335 e. The number of carbonyl (C=O) groups is 1. The summed E-state index contributed by atoms with van der Waals surface area (Å²) >= 11 is 0. The molecule has 2 heterocycles. The van der Waals surface area contributed by atoms with Gasteiger partial charge in [-0.2, -0.15) is 0 Å². The highest BCUT2D eigenvalue weighted by Gasteiger charge is 2.29. The third kappa shape index (κ3) is 4.72. The van der Waals surface area contributed by atoms with E-state index in [9.17, 15) is 4.79 Å². The van der Waals surface area contributed by atoms with E-state index in [-0.39, 0.29) is 11.3 Å². The van der Waals surface area contributed by atoms with Gasteiger partial charge in [0.15, 0.2) is 0 Å². The van der Waals surface area contributed by atoms with Crippen molar-refractivity contribution in [1.29, 1.82) is 0 Å². The molecule has 2 aliphatic rings. The molecule has 0 bridgehead atoms. The summed E-state index contributed by atoms with van der Waals surface area (Å²) in [5.74, 6) is 0.168. The Balaban J connectivity index is 1.59. The minimum absolute atomic E-state index is 0.163. The van der Waals surface area contributed by atoms with E-state index in [0.717, 1.165) is 31.5 Å². The Bertz CT molecular complexity index is 606. The predicted octanol–water partition coefficient (Wildman–Crippen LogP) is 4.08. The molecule has 0 saturated carbocycles. The summed E-state index contributed by atoms with van der Waals surface area (Å²) in [6.45, 7) is 11.0. The van der Waals surface area contributed by atoms with E-state index in [4.69, 9.17) is 0 Å². The number of likely N-dealkylation sites (tertiary alicyclic amines) is 2. The van der Waals surface area contributed by atoms with Crippen molar-refractivity contribution in [2.75, 3.05) is 26.2 Å². The van der Waals surface area contributed by atoms with Gasteiger partial charge in [-0.3, -0.25) is 4.79 Å². The number of hydrogen-bond acceptors (Lipinski definition) is 2. The molecule has 0 aliphatic carbocycles. The van der Waals surface area contributed by atoms with Crippen LogP contribution in [0.5, 0.6) is 0 Å². The van der Waals surface area contributed by atoms with E-state index in [2.05, 4.69) is 54.8 Å². The zero-order valence-electron chi connectivity index (χ0n) is 16.0. The molecule has 0 unspecified atom stereocenters. The van der Waals surface area contributed by atoms with Crippen molar-refractivity contribution < 1.29 is 4.79 Å². The van der Waals surface area contributed by atoms with Crippen molar-refractivity contribution in [2.24, 2.45) is 0 Å². The van der Waals surface area contributed by atoms with E-state index < -0.39 is 0 Å². The van der Waals surface area contributed by atoms with Gasteiger partial charge in [0.2, 0.25) is 5.91 Å². The van der Waals surface area contributed by atoms with Crippen LogP contribution in [0.2, 0.25) is 0 Å². The van der Waals surface area contributed by atoms with Gasteiger partial charge in [0.1, 0.15) is 0 Å². The van der Waals surface area contributed by atoms with Crippen LogP contribution in [0.3, 0.4) is 0 Å². The molecule has 0 aromatic heterocycles. The molecule has 136 valence electrons. The molecule has 3 heteroatoms. The van der Waals surface area contributed by atoms with E-state index in [1.54, 1.807) is 6.08 Å². The largest absolute Gasteiger partial charge is 0.335 e. The Kier molecular flexibility index (Phi) is 5.63. The van der Waals surface area contributed by atoms with Gasteiger partial charge < -0.3 is 9.80 Å². The van der Waals surface area contributed by atoms with E-state index in [1.165, 1.54) is 31.5 Å². The van der Waals surface area contributed by atoms with Crippen molar-refractivity contribution >= 4 is 12.0 Å². The van der Waals surface area contributed by atoms with Gasteiger partial charge in [-0.15, -0.1) is 0 Å². The lowest BCUT2D eigenvalue weighted by Gasteiger charge is -2.27. The highest BCUT2D eigenvalue weighted by Crippen LogP contribution is 2.23. The van der Waals surface area contributed by atoms with E-state index >= 15 is 0 Å². The maximum atomic E-state index is 12.6. The van der Waals surface area contributed by atoms with Crippen LogP contribution in [0.1, 0.15) is 57.6 Å². The molecule has 1 aromatic carbocycles. The third-order valence-electron chi connectivity index (χ3n) is 5.52. The third-order valence-corrected chi connectivity index (χ3v) is 5.52. The van der Waals surface area contributed by atoms with Crippen LogP contribution in [-0.2, 0) is 10.2 Å². The Labute approximate surface area is 152 Å². The molecule has 3 rings (SSSR count). The fourth-order valence-corrected chi connectivity index (χ4v) is 3.94. The molecule has 0 radical (unpaired) electrons. The van der Waals surface area contributed by atoms with Crippen LogP contribution in [0.25, 0.3) is 6.08 Å². The summed E-state index contributed by atoms with van der Waals surface area (Å²) in [5, 5.41) is 0. The van der Waals surface area contributed by atoms with Gasteiger partial charge in [-0.05, 0) is 61.4 Å². The van der Waals surface area contributed by atoms with Crippen LogP contribution in [0.15, 0.2) is 30.3 Å². The summed E-state index contributed by atoms with van der Waals surface area (Å²) in [6.07, 6.45) is 8.62. The van der Waals surface area contributed by atoms with Gasteiger partial charge in [-0.25, -0.2) is 0 Å². The average molecular weight is 341 g/mol. The van der Waals surface area contributed by atoms with Gasteiger partial charge in [0, 0.05) is 25.2 Å². The molecule has 2 fully saturated rings. The van der Waals surface area contributed by atoms with Gasteiger partial charge in [0.25, 0.3) is 0 Å². The van der Waals surface area contributed by atoms with Gasteiger partial charge in [-0.1, -0.05) is 45.0 Å². The molecule has 2 saturated heterocycles. The topological polar surface area (TPSA) is 23.6 Å². The first kappa shape index (κ1) is 18.2. The molecule has 1 atom stereocenters. The second-order valence-corrected chi connectivity index (χ2v) is 8.54. The first-order valence-corrected chi connectivity index (χ1v) is 9.75. The van der Waals surface area contributed by atoms with E-state index in [0.29, 0.717) is 6.04 Å². The highest BCUT2D eigenvalue weighted by molar-refractivity contribution is 5.92. The quantitative estimate of drug-likeness (QED) is 0.771. The van der Waals surface area contributed by atoms with Crippen LogP contribution in [0, 0.1) is 0 Å². The molecule has 0 N–H and O–H groups in total. The maximum absolute atomic E-state index is 12.6. The monoisotopic (exact) mass is 340 g/mol. The van der Waals surface area contributed by atoms with Crippen molar-refractivity contribution in [3.8, 4) is 0 Å². The second-order valence-electron chi connectivity index (χ2n) is 8.54. The molecule has 0 spiro atoms. The zero-order valence-corrected chi connectivity index (χ0v) is 16.0. The normalized spacial score (nSPS) is 22.2. The SMILES string of the molecule is CC(C)(C)c1ccc(C=CC(=O)N2CCC[C@H]2CN2CCCC2)cc1. The average Bonchev–Trinajstić information content (AvgIpc) is 3.24. The molecule has 1 amide bonds. The lowest BCUT2D eigenvalue weighted by molar-refractivity contribution is -0.127. The van der Waals surface area contributed by atoms with Crippen molar-refractivity contribution in [3.63, 3.8) is 0 Å². The molecule has 1 aromatic rings. The van der Waals surface area contributed by atoms with Crippen LogP contribution in [0.4, 0.5) is 0 Å². The van der Waals surface area contributed by atoms with Crippen LogP contribution >= 0.6 is 0 Å². The summed E-state index contributed by atoms with van der Waals surface area (Å²) in [4.78, 5) is 17.3. The number of amides is 1. The highest BCUT2D eigenvalue weighted by atomic mass is 16.2. The molecule has 3 nitrogen and oxygen atoms in total. The Morgan fingerprint density at radius 2 is 1.76 bits per heavy atom. The number of carbonyl (C=O) groups excluding carboxylic acids is 1. The number of nitrogens with zero attached hydrogens (tertiary/aromatic N) is 2.